The smallest absolute Gasteiger partial charge is 0.00963 e. The average molecular weight is 141 g/mol. The third-order valence-corrected chi connectivity index (χ3v) is 2.73. The highest BCUT2D eigenvalue weighted by molar-refractivity contribution is 4.85. The molecule has 0 radical (unpaired) electrons. The van der Waals surface area contributed by atoms with Crippen molar-refractivity contribution in [2.24, 2.45) is 5.92 Å². The Hall–Kier alpha value is -0.0400. The highest BCUT2D eigenvalue weighted by atomic mass is 15.2. The Kier molecular flexibility index (Phi) is 2.35. The van der Waals surface area contributed by atoms with Crippen LogP contribution in [0.3, 0.4) is 0 Å². The van der Waals surface area contributed by atoms with E-state index in [4.69, 9.17) is 0 Å². The van der Waals surface area contributed by atoms with E-state index < -0.39 is 0 Å². The highest BCUT2D eigenvalue weighted by Crippen LogP contribution is 2.28. The van der Waals surface area contributed by atoms with Gasteiger partial charge >= 0.3 is 0 Å². The molecule has 1 nitrogen and oxygen atoms in total. The van der Waals surface area contributed by atoms with Crippen LogP contribution in [0.2, 0.25) is 0 Å². The summed E-state index contributed by atoms with van der Waals surface area (Å²) in [6.07, 6.45) is 2.85. The monoisotopic (exact) mass is 141 g/mol. The largest absolute Gasteiger partial charge is 0.300 e. The Morgan fingerprint density at radius 2 is 1.70 bits per heavy atom. The summed E-state index contributed by atoms with van der Waals surface area (Å²) in [5, 5.41) is 0. The molecule has 0 heterocycles. The van der Waals surface area contributed by atoms with E-state index in [1.54, 1.807) is 0 Å². The molecule has 0 spiro atoms. The molecule has 0 aliphatic heterocycles. The first-order chi connectivity index (χ1) is 4.63. The van der Waals surface area contributed by atoms with Crippen LogP contribution in [-0.4, -0.2) is 24.0 Å². The topological polar surface area (TPSA) is 3.24 Å². The van der Waals surface area contributed by atoms with Gasteiger partial charge in [0.05, 0.1) is 0 Å². The standard InChI is InChI=1S/C9H19N/c1-7(2)8(3)10(4)9-5-6-9/h7-9H,5-6H2,1-4H3. The fourth-order valence-electron chi connectivity index (χ4n) is 1.28. The van der Waals surface area contributed by atoms with Crippen LogP contribution >= 0.6 is 0 Å². The normalized spacial score (nSPS) is 22.2. The van der Waals surface area contributed by atoms with Crippen LogP contribution in [-0.2, 0) is 0 Å². The number of hydrogen-bond donors (Lipinski definition) is 0. The third-order valence-electron chi connectivity index (χ3n) is 2.73. The fourth-order valence-corrected chi connectivity index (χ4v) is 1.28. The van der Waals surface area contributed by atoms with Crippen LogP contribution in [0.25, 0.3) is 0 Å². The van der Waals surface area contributed by atoms with Gasteiger partial charge in [-0.05, 0) is 32.7 Å². The van der Waals surface area contributed by atoms with Gasteiger partial charge in [-0.3, -0.25) is 0 Å². The summed E-state index contributed by atoms with van der Waals surface area (Å²) in [5.74, 6) is 0.797. The molecule has 0 amide bonds. The van der Waals surface area contributed by atoms with Gasteiger partial charge in [0.25, 0.3) is 0 Å². The zero-order valence-corrected chi connectivity index (χ0v) is 7.59. The van der Waals surface area contributed by atoms with Crippen molar-refractivity contribution < 1.29 is 0 Å². The van der Waals surface area contributed by atoms with Gasteiger partial charge in [-0.25, -0.2) is 0 Å². The summed E-state index contributed by atoms with van der Waals surface area (Å²) >= 11 is 0. The summed E-state index contributed by atoms with van der Waals surface area (Å²) in [4.78, 5) is 2.52. The van der Waals surface area contributed by atoms with Gasteiger partial charge in [-0.1, -0.05) is 13.8 Å². The third kappa shape index (κ3) is 1.72. The van der Waals surface area contributed by atoms with Gasteiger partial charge in [0.1, 0.15) is 0 Å². The Morgan fingerprint density at radius 1 is 1.20 bits per heavy atom. The maximum absolute atomic E-state index is 2.52. The van der Waals surface area contributed by atoms with Crippen molar-refractivity contribution >= 4 is 0 Å². The molecule has 1 heteroatoms. The Labute approximate surface area is 64.4 Å². The first-order valence-electron chi connectivity index (χ1n) is 4.35. The summed E-state index contributed by atoms with van der Waals surface area (Å²) in [6.45, 7) is 6.91. The molecule has 1 aliphatic rings. The first kappa shape index (κ1) is 8.06. The zero-order valence-electron chi connectivity index (χ0n) is 7.59. The van der Waals surface area contributed by atoms with Crippen molar-refractivity contribution in [3.05, 3.63) is 0 Å². The Bertz CT molecular complexity index is 99.3. The molecule has 60 valence electrons. The molecule has 1 unspecified atom stereocenters. The molecule has 0 saturated heterocycles. The lowest BCUT2D eigenvalue weighted by Gasteiger charge is -2.27. The highest BCUT2D eigenvalue weighted by Gasteiger charge is 2.29. The molecular formula is C9H19N. The van der Waals surface area contributed by atoms with Crippen molar-refractivity contribution in [2.45, 2.75) is 45.7 Å². The second kappa shape index (κ2) is 2.91. The molecule has 1 atom stereocenters. The van der Waals surface area contributed by atoms with Crippen molar-refractivity contribution in [3.8, 4) is 0 Å². The van der Waals surface area contributed by atoms with Crippen LogP contribution in [0.5, 0.6) is 0 Å². The Balaban J connectivity index is 2.30. The predicted molar refractivity (Wildman–Crippen MR) is 45.1 cm³/mol. The molecule has 1 saturated carbocycles. The van der Waals surface area contributed by atoms with Crippen LogP contribution in [0.4, 0.5) is 0 Å². The van der Waals surface area contributed by atoms with E-state index in [1.165, 1.54) is 12.8 Å². The second-order valence-electron chi connectivity index (χ2n) is 3.88. The fraction of sp³-hybridized carbons (Fsp3) is 1.00. The van der Waals surface area contributed by atoms with Crippen LogP contribution in [0.1, 0.15) is 33.6 Å². The lowest BCUT2D eigenvalue weighted by Crippen LogP contribution is -2.34. The Morgan fingerprint density at radius 3 is 2.00 bits per heavy atom. The number of rotatable bonds is 3. The molecule has 10 heavy (non-hydrogen) atoms. The van der Waals surface area contributed by atoms with E-state index in [2.05, 4.69) is 32.7 Å². The minimum absolute atomic E-state index is 0.757. The molecule has 0 bridgehead atoms. The quantitative estimate of drug-likeness (QED) is 0.582. The van der Waals surface area contributed by atoms with Crippen molar-refractivity contribution in [2.75, 3.05) is 7.05 Å². The minimum Gasteiger partial charge on any atom is -0.300 e. The summed E-state index contributed by atoms with van der Waals surface area (Å²) in [7, 11) is 2.25. The van der Waals surface area contributed by atoms with Crippen LogP contribution < -0.4 is 0 Å². The maximum Gasteiger partial charge on any atom is 0.00963 e. The van der Waals surface area contributed by atoms with E-state index in [0.29, 0.717) is 0 Å². The van der Waals surface area contributed by atoms with Crippen molar-refractivity contribution in [1.29, 1.82) is 0 Å². The second-order valence-corrected chi connectivity index (χ2v) is 3.88. The molecule has 1 rings (SSSR count). The number of nitrogens with zero attached hydrogens (tertiary/aromatic N) is 1. The zero-order chi connectivity index (χ0) is 7.72. The van der Waals surface area contributed by atoms with Gasteiger partial charge in [-0.15, -0.1) is 0 Å². The van der Waals surface area contributed by atoms with Crippen LogP contribution in [0.15, 0.2) is 0 Å². The molecule has 1 fully saturated rings. The van der Waals surface area contributed by atoms with Crippen molar-refractivity contribution in [1.82, 2.24) is 4.90 Å². The molecule has 0 aromatic heterocycles. The molecule has 0 N–H and O–H groups in total. The lowest BCUT2D eigenvalue weighted by atomic mass is 10.1. The van der Waals surface area contributed by atoms with Gasteiger partial charge < -0.3 is 4.90 Å². The average Bonchev–Trinajstić information content (AvgIpc) is 2.65. The SMILES string of the molecule is CC(C)C(C)N(C)C1CC1. The summed E-state index contributed by atoms with van der Waals surface area (Å²) < 4.78 is 0. The van der Waals surface area contributed by atoms with Gasteiger partial charge in [0.15, 0.2) is 0 Å². The van der Waals surface area contributed by atoms with Gasteiger partial charge in [0, 0.05) is 12.1 Å². The minimum atomic E-state index is 0.757. The maximum atomic E-state index is 2.52. The molecule has 0 aromatic rings. The van der Waals surface area contributed by atoms with Crippen LogP contribution in [0, 0.1) is 5.92 Å². The van der Waals surface area contributed by atoms with E-state index in [0.717, 1.165) is 18.0 Å². The van der Waals surface area contributed by atoms with E-state index in [-0.39, 0.29) is 0 Å². The van der Waals surface area contributed by atoms with Crippen molar-refractivity contribution in [3.63, 3.8) is 0 Å². The van der Waals surface area contributed by atoms with E-state index in [1.807, 2.05) is 0 Å². The predicted octanol–water partition coefficient (Wildman–Crippen LogP) is 2.13. The van der Waals surface area contributed by atoms with Gasteiger partial charge in [-0.2, -0.15) is 0 Å². The molecule has 0 aromatic carbocycles. The summed E-state index contributed by atoms with van der Waals surface area (Å²) in [5.41, 5.74) is 0. The van der Waals surface area contributed by atoms with E-state index >= 15 is 0 Å². The summed E-state index contributed by atoms with van der Waals surface area (Å²) in [6, 6.07) is 1.67. The molecular weight excluding hydrogens is 122 g/mol. The lowest BCUT2D eigenvalue weighted by molar-refractivity contribution is 0.199. The number of hydrogen-bond acceptors (Lipinski definition) is 1. The first-order valence-corrected chi connectivity index (χ1v) is 4.35. The van der Waals surface area contributed by atoms with Gasteiger partial charge in [0.2, 0.25) is 0 Å². The van der Waals surface area contributed by atoms with E-state index in [9.17, 15) is 0 Å². The molecule has 1 aliphatic carbocycles.